The van der Waals surface area contributed by atoms with Crippen molar-refractivity contribution >= 4 is 132 Å². The molecule has 0 fully saturated rings. The van der Waals surface area contributed by atoms with Crippen LogP contribution in [0.4, 0.5) is 34.1 Å². The molecule has 4 heterocycles. The van der Waals surface area contributed by atoms with Crippen molar-refractivity contribution in [3.05, 3.63) is 265 Å². The molecule has 0 saturated carbocycles. The minimum atomic E-state index is -0.541. The molecule has 5 heteroatoms. The fourth-order valence-corrected chi connectivity index (χ4v) is 16.0. The first-order valence-corrected chi connectivity index (χ1v) is 32.2. The average Bonchev–Trinajstić information content (AvgIpc) is 1.16. The summed E-state index contributed by atoms with van der Waals surface area (Å²) in [4.78, 5) is 4.93. The number of para-hydroxylation sites is 2. The highest BCUT2D eigenvalue weighted by Gasteiger charge is 2.47. The number of fused-ring (bicyclic) bond motifs is 9. The van der Waals surface area contributed by atoms with E-state index in [1.165, 1.54) is 43.4 Å². The summed E-state index contributed by atoms with van der Waals surface area (Å²) in [6, 6.07) is 84.8. The number of aromatic nitrogens is 1. The van der Waals surface area contributed by atoms with E-state index in [1.54, 1.807) is 11.3 Å². The van der Waals surface area contributed by atoms with E-state index in [0.29, 0.717) is 16.8 Å². The van der Waals surface area contributed by atoms with E-state index in [9.17, 15) is 4.11 Å². The van der Waals surface area contributed by atoms with E-state index in [4.69, 9.17) is 0 Å². The van der Waals surface area contributed by atoms with Crippen molar-refractivity contribution in [2.75, 3.05) is 9.80 Å². The molecule has 0 saturated heterocycles. The Labute approximate surface area is 530 Å². The summed E-state index contributed by atoms with van der Waals surface area (Å²) in [7, 11) is 0. The third-order valence-corrected chi connectivity index (χ3v) is 20.5. The number of hydrogen-bond acceptors (Lipinski definition) is 3. The molecular weight excluding hydrogens is 1090 g/mol. The van der Waals surface area contributed by atoms with Crippen LogP contribution in [0.15, 0.2) is 249 Å². The molecule has 13 aromatic carbocycles. The quantitative estimate of drug-likeness (QED) is 0.121. The van der Waals surface area contributed by atoms with Gasteiger partial charge in [-0.3, -0.25) is 0 Å². The minimum absolute atomic E-state index is 0.0245. The van der Waals surface area contributed by atoms with Gasteiger partial charge in [-0.1, -0.05) is 244 Å². The van der Waals surface area contributed by atoms with Gasteiger partial charge in [-0.15, -0.1) is 11.3 Å². The van der Waals surface area contributed by atoms with Gasteiger partial charge in [0.1, 0.15) is 0 Å². The molecule has 89 heavy (non-hydrogen) atoms. The Morgan fingerprint density at radius 3 is 1.53 bits per heavy atom. The lowest BCUT2D eigenvalue weighted by atomic mass is 9.36. The second-order valence-electron chi connectivity index (χ2n) is 27.8. The third-order valence-electron chi connectivity index (χ3n) is 19.3. The molecule has 0 bridgehead atoms. The van der Waals surface area contributed by atoms with E-state index < -0.39 is 6.71 Å². The van der Waals surface area contributed by atoms with Crippen LogP contribution in [-0.4, -0.2) is 11.3 Å². The summed E-state index contributed by atoms with van der Waals surface area (Å²) >= 11 is 1.81. The van der Waals surface area contributed by atoms with E-state index >= 15 is 0 Å². The van der Waals surface area contributed by atoms with E-state index in [0.717, 1.165) is 110 Å². The lowest BCUT2D eigenvalue weighted by molar-refractivity contribution is 0.590. The molecular formula is C84H68BN3S. The van der Waals surface area contributed by atoms with Crippen molar-refractivity contribution in [2.24, 2.45) is 0 Å². The van der Waals surface area contributed by atoms with Gasteiger partial charge in [0.15, 0.2) is 0 Å². The molecule has 0 atom stereocenters. The maximum absolute atomic E-state index is 11.2. The Morgan fingerprint density at radius 2 is 0.910 bits per heavy atom. The van der Waals surface area contributed by atoms with Crippen LogP contribution >= 0.6 is 11.3 Å². The molecule has 0 radical (unpaired) electrons. The Hall–Kier alpha value is -9.68. The minimum Gasteiger partial charge on any atom is -0.311 e. The van der Waals surface area contributed by atoms with Crippen LogP contribution in [0.2, 0.25) is 0 Å². The van der Waals surface area contributed by atoms with Gasteiger partial charge in [0.2, 0.25) is 0 Å². The van der Waals surface area contributed by atoms with Crippen LogP contribution in [0, 0.1) is 0 Å². The Balaban J connectivity index is 1.02. The molecule has 17 rings (SSSR count). The summed E-state index contributed by atoms with van der Waals surface area (Å²) in [5, 5.41) is 10.6. The summed E-state index contributed by atoms with van der Waals surface area (Å²) in [6.45, 7) is 20.2. The van der Waals surface area contributed by atoms with Crippen molar-refractivity contribution < 1.29 is 4.11 Å². The highest BCUT2D eigenvalue weighted by atomic mass is 32.1. The monoisotopic (exact) mass is 1160 g/mol. The molecule has 2 aliphatic rings. The zero-order valence-corrected chi connectivity index (χ0v) is 52.6. The van der Waals surface area contributed by atoms with Crippen LogP contribution in [0.3, 0.4) is 0 Å². The van der Waals surface area contributed by atoms with Crippen LogP contribution in [0.1, 0.15) is 83.1 Å². The van der Waals surface area contributed by atoms with E-state index in [-0.39, 0.29) is 34.4 Å². The highest BCUT2D eigenvalue weighted by Crippen LogP contribution is 2.55. The predicted molar refractivity (Wildman–Crippen MR) is 386 cm³/mol. The SMILES string of the molecule is [2H]c1c([2H])c(-n2c3ccccc3c3ccccc32)c([2H])c2c1B1c3sc4cc(C(C)(C)C)ccc4c3N(c3c(-c4ccccc4)cc(C(C)(C)C)cc3-c3ccccc3)c3cc(C(C)(C)C)cc(c31)N2c1ccc(-c2ccc3ccc4cccc5ccc2c3c45)cc1. The van der Waals surface area contributed by atoms with Crippen LogP contribution in [0.5, 0.6) is 0 Å². The van der Waals surface area contributed by atoms with Gasteiger partial charge in [-0.05, 0) is 165 Å². The van der Waals surface area contributed by atoms with Gasteiger partial charge >= 0.3 is 0 Å². The number of benzene rings is 13. The first-order chi connectivity index (χ1) is 44.3. The Kier molecular flexibility index (Phi) is 11.0. The predicted octanol–water partition coefficient (Wildman–Crippen LogP) is 21.9. The number of rotatable bonds is 6. The smallest absolute Gasteiger partial charge is 0.264 e. The average molecular weight is 1170 g/mol. The normalized spacial score (nSPS) is 13.9. The van der Waals surface area contributed by atoms with Gasteiger partial charge in [0.05, 0.1) is 26.5 Å². The molecule has 2 aliphatic heterocycles. The molecule has 3 nitrogen and oxygen atoms in total. The number of hydrogen-bond donors (Lipinski definition) is 0. The number of anilines is 6. The topological polar surface area (TPSA) is 11.4 Å². The molecule has 0 N–H and O–H groups in total. The maximum Gasteiger partial charge on any atom is 0.264 e. The second kappa shape index (κ2) is 19.4. The number of thiophene rings is 1. The van der Waals surface area contributed by atoms with Crippen molar-refractivity contribution in [1.82, 2.24) is 4.57 Å². The molecule has 428 valence electrons. The number of nitrogens with zero attached hydrogens (tertiary/aromatic N) is 3. The van der Waals surface area contributed by atoms with Crippen LogP contribution < -0.4 is 25.5 Å². The lowest BCUT2D eigenvalue weighted by Crippen LogP contribution is -2.60. The fourth-order valence-electron chi connectivity index (χ4n) is 14.7. The third kappa shape index (κ3) is 8.24. The molecule has 0 aliphatic carbocycles. The highest BCUT2D eigenvalue weighted by molar-refractivity contribution is 7.33. The zero-order chi connectivity index (χ0) is 63.0. The van der Waals surface area contributed by atoms with E-state index in [1.807, 2.05) is 12.1 Å². The van der Waals surface area contributed by atoms with Gasteiger partial charge in [0, 0.05) is 65.2 Å². The molecule has 0 spiro atoms. The lowest BCUT2D eigenvalue weighted by Gasteiger charge is -2.45. The van der Waals surface area contributed by atoms with Crippen molar-refractivity contribution in [3.8, 4) is 39.1 Å². The summed E-state index contributed by atoms with van der Waals surface area (Å²) < 4.78 is 37.1. The zero-order valence-electron chi connectivity index (χ0n) is 54.8. The Morgan fingerprint density at radius 1 is 0.382 bits per heavy atom. The summed E-state index contributed by atoms with van der Waals surface area (Å²) in [5.41, 5.74) is 19.1. The van der Waals surface area contributed by atoms with Gasteiger partial charge in [0.25, 0.3) is 6.71 Å². The summed E-state index contributed by atoms with van der Waals surface area (Å²) in [6.07, 6.45) is 0. The van der Waals surface area contributed by atoms with Crippen molar-refractivity contribution in [3.63, 3.8) is 0 Å². The summed E-state index contributed by atoms with van der Waals surface area (Å²) in [5.74, 6) is 0. The second-order valence-corrected chi connectivity index (χ2v) is 28.9. The standard InChI is InChI=1S/C84H68BN3S/c1-82(2,3)57-37-43-66-75(49-57)89-81-80(66)88(79-67(51-21-12-10-13-22-51)45-58(83(4,5)6)46-68(79)52-23-14-11-15-24-52)74-48-59(84(7,8)9)47-73-78(74)85(81)69-44-40-61(87-70-29-18-16-27-63(70)64-28-17-19-30-71(64)87)50-72(69)86(73)60-38-33-53(34-39-60)62-41-35-56-32-31-54-25-20-26-55-36-42-65(62)77(56)76(54)55/h10-50H,1-9H3/i40D,44D,50D. The molecule has 0 amide bonds. The molecule has 0 unspecified atom stereocenters. The first kappa shape index (κ1) is 50.3. The van der Waals surface area contributed by atoms with Crippen molar-refractivity contribution in [2.45, 2.75) is 78.6 Å². The maximum atomic E-state index is 11.2. The van der Waals surface area contributed by atoms with Crippen LogP contribution in [0.25, 0.3) is 103 Å². The molecule has 15 aromatic rings. The van der Waals surface area contributed by atoms with Crippen molar-refractivity contribution in [1.29, 1.82) is 0 Å². The van der Waals surface area contributed by atoms with Gasteiger partial charge in [-0.2, -0.15) is 0 Å². The fraction of sp³-hybridized carbons (Fsp3) is 0.143. The van der Waals surface area contributed by atoms with Gasteiger partial charge in [-0.25, -0.2) is 0 Å². The van der Waals surface area contributed by atoms with E-state index in [2.05, 4.69) is 295 Å². The largest absolute Gasteiger partial charge is 0.311 e. The van der Waals surface area contributed by atoms with Gasteiger partial charge < -0.3 is 14.4 Å². The molecule has 2 aromatic heterocycles. The Bertz CT molecular complexity index is 5440. The van der Waals surface area contributed by atoms with Crippen LogP contribution in [-0.2, 0) is 16.2 Å². The first-order valence-electron chi connectivity index (χ1n) is 32.9.